The van der Waals surface area contributed by atoms with Crippen LogP contribution in [0.4, 0.5) is 0 Å². The van der Waals surface area contributed by atoms with E-state index in [1.54, 1.807) is 6.20 Å². The molecule has 18 heterocycles. The molecule has 1 saturated carbocycles. The predicted octanol–water partition coefficient (Wildman–Crippen LogP) is 26.1. The fraction of sp³-hybridized carbons (Fsp3) is 0.267. The Morgan fingerprint density at radius 1 is 0.268 bits per heavy atom. The van der Waals surface area contributed by atoms with E-state index >= 15 is 0 Å². The van der Waals surface area contributed by atoms with Crippen LogP contribution in [0.25, 0.3) is 193 Å². The molecule has 0 radical (unpaired) electrons. The van der Waals surface area contributed by atoms with Crippen LogP contribution in [-0.4, -0.2) is 57.3 Å². The van der Waals surface area contributed by atoms with Crippen molar-refractivity contribution in [2.75, 3.05) is 0 Å². The Morgan fingerprint density at radius 3 is 1.01 bits per heavy atom. The van der Waals surface area contributed by atoms with Gasteiger partial charge < -0.3 is 27.4 Å². The molecule has 12 aromatic heterocycles. The summed E-state index contributed by atoms with van der Waals surface area (Å²) in [6.07, 6.45) is 41.8. The summed E-state index contributed by atoms with van der Waals surface area (Å²) in [6.45, 7) is 30.1. The van der Waals surface area contributed by atoms with Gasteiger partial charge in [-0.3, -0.25) is 0 Å². The van der Waals surface area contributed by atoms with Crippen molar-refractivity contribution in [1.29, 1.82) is 0 Å². The summed E-state index contributed by atoms with van der Waals surface area (Å²) in [4.78, 5) is 28.8. The molecule has 20 aromatic rings. The first kappa shape index (κ1) is 93.9. The summed E-state index contributed by atoms with van der Waals surface area (Å²) in [5.74, 6) is 7.67. The molecule has 6 aliphatic heterocycles. The standard InChI is InChI=1S/C25H24N3.C25H30N3.C24H22N3.2C20H22N3.C17H16N3/c1-16-10-25-26-22-11-17(2)21(13-24(22)28(25)14-16)23-12-20(18(3)15-27(23)4)19-8-6-5-7-9-19;1-17-11-25-26-22-12-18(2)21(15-24(22)28(25)16-17)23-14-20(9-10-27(23)3)13-19-7-5-4-6-8-19;1-16-11-24-25-21-12-17(2)20(14-23(21)27(24)15-16)22-13-19(9-10-26(22)3)18-7-5-4-6-8-18;2*1-12-6-20-21-17-7-14(3)16(9-19(17)23(20)10-12)18-8-13(2)15(4)11-22(18)5;1-12-10-14-16(20-9-5-7-17(20)18-14)11-13(12)15-6-3-4-8-19(15)2/h5-9,11-15H,10H2,1-4H3;9-10,12,14-16,19H,4-8,11,13H2,1-3H3;4-10,12-15H,11H2,1-3H3;2*7-11H,6H2,1-5H3;3-6,8-11H,7H2,1-2H3/q6*+1/i;;;4D3;;. The van der Waals surface area contributed by atoms with Crippen LogP contribution in [0.3, 0.4) is 0 Å². The summed E-state index contributed by atoms with van der Waals surface area (Å²) >= 11 is 0. The Hall–Kier alpha value is -16.1. The largest absolute Gasteiger partial charge is 0.303 e. The smallest absolute Gasteiger partial charge is 0.213 e. The minimum absolute atomic E-state index is 0.395. The average molecular weight is 1970 g/mol. The third-order valence-electron chi connectivity index (χ3n) is 31.4. The third kappa shape index (κ3) is 18.9. The molecule has 149 heavy (non-hydrogen) atoms. The Labute approximate surface area is 879 Å². The maximum absolute atomic E-state index is 7.72. The number of aryl methyl sites for hydroxylation is 17. The number of fused-ring (bicyclic) bond motifs is 18. The SMILES string of the molecule is CC1=Cn2c(nc3cc(C)c(-c4cc(-c5ccccc5)c(C)c[n+]4C)cc32)C1.CC1=Cn2c(nc3cc(C)c(-c4cc(-c5ccccc5)cc[n+]4C)cc32)C1.CC1=Cn2c(nc3cc(C)c(-c4cc(C)c(C)c[n+]4C)cc32)C1.CC1=Cn2c(nc3cc(C)c(-c4cc(CC5CCCCC5)cc[n+]4C)cc32)C1.Cc1cc2nc3n(c2cc1-c1cccc[n+]1C)C=CC3.[2H]C([2H])([2H])c1c[n+](C)c(-c2cc3c(cc2C)nc2n3C=C(C)C2)cc1C. The number of hydrogen-bond acceptors (Lipinski definition) is 6. The van der Waals surface area contributed by atoms with Gasteiger partial charge in [0.05, 0.1) is 99.6 Å². The van der Waals surface area contributed by atoms with E-state index < -0.39 is 6.85 Å². The predicted molar refractivity (Wildman–Crippen MR) is 609 cm³/mol. The van der Waals surface area contributed by atoms with Crippen LogP contribution >= 0.6 is 0 Å². The Kier molecular flexibility index (Phi) is 25.0. The van der Waals surface area contributed by atoms with Crippen LogP contribution in [0.2, 0.25) is 0 Å². The molecule has 1 aliphatic carbocycles. The van der Waals surface area contributed by atoms with Crippen molar-refractivity contribution in [3.8, 4) is 89.8 Å². The van der Waals surface area contributed by atoms with Crippen LogP contribution in [0.1, 0.15) is 173 Å². The van der Waals surface area contributed by atoms with E-state index in [9.17, 15) is 0 Å². The van der Waals surface area contributed by atoms with Crippen molar-refractivity contribution >= 4 is 103 Å². The first-order valence-corrected chi connectivity index (χ1v) is 52.7. The molecule has 0 unspecified atom stereocenters. The van der Waals surface area contributed by atoms with Gasteiger partial charge in [-0.2, -0.15) is 0 Å². The van der Waals surface area contributed by atoms with Gasteiger partial charge in [-0.25, -0.2) is 57.3 Å². The van der Waals surface area contributed by atoms with Crippen LogP contribution in [0, 0.1) is 82.0 Å². The minimum atomic E-state index is -2.10. The van der Waals surface area contributed by atoms with Gasteiger partial charge in [-0.05, 0) is 302 Å². The summed E-state index contributed by atoms with van der Waals surface area (Å²) in [6, 6.07) is 70.1. The highest BCUT2D eigenvalue weighted by molar-refractivity contribution is 5.93. The molecule has 1 fully saturated rings. The third-order valence-corrected chi connectivity index (χ3v) is 31.4. The van der Waals surface area contributed by atoms with Gasteiger partial charge in [0.25, 0.3) is 0 Å². The number of allylic oxidation sites excluding steroid dienone is 6. The number of hydrogen-bond donors (Lipinski definition) is 0. The van der Waals surface area contributed by atoms with Crippen molar-refractivity contribution in [3.63, 3.8) is 0 Å². The molecule has 744 valence electrons. The Morgan fingerprint density at radius 2 is 0.604 bits per heavy atom. The Bertz CT molecular complexity index is 9220. The second-order valence-corrected chi connectivity index (χ2v) is 43.1. The molecule has 0 saturated heterocycles. The van der Waals surface area contributed by atoms with Crippen molar-refractivity contribution in [2.45, 2.75) is 188 Å². The van der Waals surface area contributed by atoms with E-state index in [4.69, 9.17) is 34.0 Å². The van der Waals surface area contributed by atoms with Crippen LogP contribution in [0.5, 0.6) is 0 Å². The highest BCUT2D eigenvalue weighted by atomic mass is 15.1. The molecule has 0 N–H and O–H groups in total. The Balaban J connectivity index is 0.000000103. The molecule has 27 rings (SSSR count). The summed E-state index contributed by atoms with van der Waals surface area (Å²) in [5, 5.41) is 0. The number of benzene rings is 8. The average Bonchev–Trinajstić information content (AvgIpc) is 1.58. The van der Waals surface area contributed by atoms with E-state index in [1.165, 1.54) is 228 Å². The zero-order valence-electron chi connectivity index (χ0n) is 93.1. The van der Waals surface area contributed by atoms with Crippen LogP contribution in [0.15, 0.2) is 265 Å². The lowest BCUT2D eigenvalue weighted by Crippen LogP contribution is -2.31. The molecule has 18 heteroatoms. The van der Waals surface area contributed by atoms with E-state index in [0.717, 1.165) is 135 Å². The second-order valence-electron chi connectivity index (χ2n) is 43.1. The lowest BCUT2D eigenvalue weighted by atomic mass is 9.85. The quantitative estimate of drug-likeness (QED) is 0.125. The number of aromatic nitrogens is 18. The first-order chi connectivity index (χ1) is 73.0. The number of nitrogens with zero attached hydrogens (tertiary/aromatic N) is 18. The molecule has 0 amide bonds. The monoisotopic (exact) mass is 1960 g/mol. The second kappa shape index (κ2) is 39.6. The lowest BCUT2D eigenvalue weighted by molar-refractivity contribution is -0.660. The molecule has 0 spiro atoms. The fourth-order valence-electron chi connectivity index (χ4n) is 23.3. The van der Waals surface area contributed by atoms with Gasteiger partial charge in [0, 0.05) is 151 Å². The van der Waals surface area contributed by atoms with Crippen molar-refractivity contribution < 1.29 is 31.5 Å². The van der Waals surface area contributed by atoms with Crippen LogP contribution in [-0.2, 0) is 87.2 Å². The zero-order valence-corrected chi connectivity index (χ0v) is 90.1. The fourth-order valence-corrected chi connectivity index (χ4v) is 23.3. The van der Waals surface area contributed by atoms with Crippen molar-refractivity contribution in [3.05, 3.63) is 367 Å². The van der Waals surface area contributed by atoms with E-state index in [0.29, 0.717) is 5.56 Å². The first-order valence-electron chi connectivity index (χ1n) is 54.2. The van der Waals surface area contributed by atoms with Gasteiger partial charge in [0.2, 0.25) is 34.2 Å². The lowest BCUT2D eigenvalue weighted by Gasteiger charge is -2.21. The number of rotatable bonds is 10. The minimum Gasteiger partial charge on any atom is -0.303 e. The van der Waals surface area contributed by atoms with E-state index in [1.807, 2.05) is 24.6 Å². The molecular weight excluding hydrogens is 1830 g/mol. The van der Waals surface area contributed by atoms with Crippen molar-refractivity contribution in [2.24, 2.45) is 48.2 Å². The molecule has 0 bridgehead atoms. The number of pyridine rings is 6. The highest BCUT2D eigenvalue weighted by Crippen LogP contribution is 2.41. The molecule has 18 nitrogen and oxygen atoms in total. The van der Waals surface area contributed by atoms with Crippen LogP contribution < -0.4 is 27.4 Å². The maximum atomic E-state index is 7.72. The summed E-state index contributed by atoms with van der Waals surface area (Å²) in [7, 11) is 12.5. The summed E-state index contributed by atoms with van der Waals surface area (Å²) in [5.41, 5.74) is 54.1. The van der Waals surface area contributed by atoms with Gasteiger partial charge in [0.1, 0.15) is 77.2 Å². The molecule has 7 aliphatic rings. The van der Waals surface area contributed by atoms with Crippen molar-refractivity contribution in [1.82, 2.24) is 57.3 Å². The van der Waals surface area contributed by atoms with Gasteiger partial charge in [-0.15, -0.1) is 0 Å². The van der Waals surface area contributed by atoms with Gasteiger partial charge >= 0.3 is 0 Å². The molecule has 8 aromatic carbocycles. The summed E-state index contributed by atoms with van der Waals surface area (Å²) < 4.78 is 49.5. The molecular formula is C131H136N18+6. The highest BCUT2D eigenvalue weighted by Gasteiger charge is 2.31. The zero-order chi connectivity index (χ0) is 106. The molecule has 0 atom stereocenters. The van der Waals surface area contributed by atoms with Gasteiger partial charge in [0.15, 0.2) is 37.2 Å². The van der Waals surface area contributed by atoms with Gasteiger partial charge in [-0.1, -0.05) is 98.8 Å². The normalized spacial score (nSPS) is 14.4. The maximum Gasteiger partial charge on any atom is 0.213 e. The topological polar surface area (TPSA) is 130 Å². The van der Waals surface area contributed by atoms with E-state index in [2.05, 4.69) is 445 Å². The van der Waals surface area contributed by atoms with E-state index in [-0.39, 0.29) is 0 Å². The number of imidazole rings is 6.